The topological polar surface area (TPSA) is 99.0 Å². The molecule has 4 aliphatic carbocycles. The highest BCUT2D eigenvalue weighted by Crippen LogP contribution is 2.55. The summed E-state index contributed by atoms with van der Waals surface area (Å²) in [6.45, 7) is -0.422. The summed E-state index contributed by atoms with van der Waals surface area (Å²) in [5, 5.41) is 19.0. The molecule has 0 spiro atoms. The minimum atomic E-state index is -0.546. The van der Waals surface area contributed by atoms with Crippen LogP contribution in [-0.2, 0) is 20.9 Å². The molecular weight excluding hydrogens is 378 g/mol. The Hall–Kier alpha value is -2.29. The van der Waals surface area contributed by atoms with Gasteiger partial charge in [-0.2, -0.15) is 16.1 Å². The minimum absolute atomic E-state index is 0.0683. The predicted molar refractivity (Wildman–Crippen MR) is 101 cm³/mol. The van der Waals surface area contributed by atoms with Crippen LogP contribution >= 0.6 is 11.3 Å². The van der Waals surface area contributed by atoms with Crippen molar-refractivity contribution in [2.75, 3.05) is 6.61 Å². The third-order valence-electron chi connectivity index (χ3n) is 6.31. The predicted octanol–water partition coefficient (Wildman–Crippen LogP) is 2.03. The van der Waals surface area contributed by atoms with Crippen LogP contribution in [0.2, 0.25) is 0 Å². The van der Waals surface area contributed by atoms with Gasteiger partial charge in [-0.3, -0.25) is 4.79 Å². The zero-order chi connectivity index (χ0) is 19.1. The maximum absolute atomic E-state index is 12.4. The molecule has 0 unspecified atom stereocenters. The summed E-state index contributed by atoms with van der Waals surface area (Å²) in [6.07, 6.45) is 7.19. The molecular formula is C19H23N5O3S. The van der Waals surface area contributed by atoms with E-state index in [9.17, 15) is 9.59 Å². The van der Waals surface area contributed by atoms with E-state index in [1.807, 2.05) is 16.8 Å². The van der Waals surface area contributed by atoms with E-state index in [4.69, 9.17) is 4.74 Å². The van der Waals surface area contributed by atoms with Gasteiger partial charge in [0.05, 0.1) is 0 Å². The Morgan fingerprint density at radius 1 is 1.21 bits per heavy atom. The lowest BCUT2D eigenvalue weighted by Crippen LogP contribution is -2.60. The maximum Gasteiger partial charge on any atom is 0.330 e. The van der Waals surface area contributed by atoms with Crippen molar-refractivity contribution in [3.8, 4) is 11.4 Å². The number of ether oxygens (including phenoxy) is 1. The highest BCUT2D eigenvalue weighted by Gasteiger charge is 2.51. The number of hydrogen-bond donors (Lipinski definition) is 1. The van der Waals surface area contributed by atoms with E-state index >= 15 is 0 Å². The van der Waals surface area contributed by atoms with Crippen LogP contribution in [0.15, 0.2) is 16.8 Å². The number of carbonyl (C=O) groups is 2. The summed E-state index contributed by atoms with van der Waals surface area (Å²) < 4.78 is 5.14. The molecule has 8 nitrogen and oxygen atoms in total. The molecule has 2 heterocycles. The maximum atomic E-state index is 12.4. The summed E-state index contributed by atoms with van der Waals surface area (Å²) in [4.78, 5) is 25.6. The van der Waals surface area contributed by atoms with Crippen molar-refractivity contribution in [3.05, 3.63) is 16.8 Å². The molecule has 0 radical (unpaired) electrons. The van der Waals surface area contributed by atoms with Gasteiger partial charge in [-0.25, -0.2) is 4.79 Å². The van der Waals surface area contributed by atoms with E-state index in [2.05, 4.69) is 20.7 Å². The lowest BCUT2D eigenvalue weighted by atomic mass is 9.53. The summed E-state index contributed by atoms with van der Waals surface area (Å²) in [5.74, 6) is 1.98. The Labute approximate surface area is 166 Å². The van der Waals surface area contributed by atoms with E-state index < -0.39 is 5.97 Å². The van der Waals surface area contributed by atoms with E-state index in [0.717, 1.165) is 42.6 Å². The molecule has 4 aliphatic rings. The van der Waals surface area contributed by atoms with Gasteiger partial charge in [-0.15, -0.1) is 10.2 Å². The molecule has 4 fully saturated rings. The highest BCUT2D eigenvalue weighted by atomic mass is 32.1. The first-order valence-electron chi connectivity index (χ1n) is 9.84. The molecule has 2 aromatic heterocycles. The van der Waals surface area contributed by atoms with Crippen LogP contribution in [0.5, 0.6) is 0 Å². The quantitative estimate of drug-likeness (QED) is 0.744. The molecule has 6 rings (SSSR count). The monoisotopic (exact) mass is 401 g/mol. The highest BCUT2D eigenvalue weighted by molar-refractivity contribution is 7.08. The van der Waals surface area contributed by atoms with Gasteiger partial charge in [-0.1, -0.05) is 0 Å². The molecule has 9 heteroatoms. The summed E-state index contributed by atoms with van der Waals surface area (Å²) in [7, 11) is 0. The Morgan fingerprint density at radius 2 is 1.93 bits per heavy atom. The van der Waals surface area contributed by atoms with Crippen LogP contribution in [0.1, 0.15) is 38.5 Å². The zero-order valence-corrected chi connectivity index (χ0v) is 16.4. The Balaban J connectivity index is 1.12. The average molecular weight is 401 g/mol. The second-order valence-corrected chi connectivity index (χ2v) is 9.34. The second kappa shape index (κ2) is 6.95. The molecule has 2 aromatic rings. The van der Waals surface area contributed by atoms with E-state index in [0.29, 0.717) is 5.82 Å². The molecule has 4 bridgehead atoms. The van der Waals surface area contributed by atoms with E-state index in [1.54, 1.807) is 0 Å². The Kier molecular flexibility index (Phi) is 4.41. The minimum Gasteiger partial charge on any atom is -0.454 e. The van der Waals surface area contributed by atoms with Crippen LogP contribution in [0.3, 0.4) is 0 Å². The third kappa shape index (κ3) is 3.55. The molecule has 0 saturated heterocycles. The van der Waals surface area contributed by atoms with Crippen molar-refractivity contribution in [1.29, 1.82) is 0 Å². The second-order valence-electron chi connectivity index (χ2n) is 8.56. The lowest BCUT2D eigenvalue weighted by Gasteiger charge is -2.56. The molecule has 0 aromatic carbocycles. The number of tetrazole rings is 1. The van der Waals surface area contributed by atoms with Gasteiger partial charge in [0.15, 0.2) is 13.2 Å². The molecule has 1 N–H and O–H groups in total. The van der Waals surface area contributed by atoms with Crippen LogP contribution in [-0.4, -0.2) is 44.2 Å². The SMILES string of the molecule is O=C(COC(=O)Cn1nnc(-c2ccsc2)n1)NC12CC3CC(CC(C3)C1)C2. The number of nitrogens with zero attached hydrogens (tertiary/aromatic N) is 4. The van der Waals surface area contributed by atoms with Gasteiger partial charge in [0, 0.05) is 16.5 Å². The summed E-state index contributed by atoms with van der Waals surface area (Å²) in [6, 6.07) is 1.89. The zero-order valence-electron chi connectivity index (χ0n) is 15.5. The fourth-order valence-corrected chi connectivity index (χ4v) is 6.35. The fraction of sp³-hybridized carbons (Fsp3) is 0.632. The number of thiophene rings is 1. The Morgan fingerprint density at radius 3 is 2.57 bits per heavy atom. The molecule has 4 saturated carbocycles. The first kappa shape index (κ1) is 17.8. The number of aromatic nitrogens is 4. The largest absolute Gasteiger partial charge is 0.454 e. The van der Waals surface area contributed by atoms with Gasteiger partial charge < -0.3 is 10.1 Å². The van der Waals surface area contributed by atoms with Gasteiger partial charge in [0.25, 0.3) is 5.91 Å². The Bertz CT molecular complexity index is 843. The standard InChI is InChI=1S/C19H23N5O3S/c25-16(20-19-6-12-3-13(7-19)5-14(4-12)8-19)10-27-17(26)9-24-22-18(21-23-24)15-1-2-28-11-15/h1-2,11-14H,3-10H2,(H,20,25). The first-order chi connectivity index (χ1) is 13.6. The van der Waals surface area contributed by atoms with Gasteiger partial charge in [0.2, 0.25) is 5.82 Å². The molecule has 0 aliphatic heterocycles. The molecule has 148 valence electrons. The van der Waals surface area contributed by atoms with Crippen LogP contribution in [0.25, 0.3) is 11.4 Å². The molecule has 0 atom stereocenters. The van der Waals surface area contributed by atoms with Crippen LogP contribution in [0.4, 0.5) is 0 Å². The van der Waals surface area contributed by atoms with Crippen molar-refractivity contribution in [1.82, 2.24) is 25.5 Å². The number of esters is 1. The lowest BCUT2D eigenvalue weighted by molar-refractivity contribution is -0.151. The first-order valence-corrected chi connectivity index (χ1v) is 10.8. The number of nitrogens with one attached hydrogen (secondary N) is 1. The van der Waals surface area contributed by atoms with Crippen molar-refractivity contribution in [2.24, 2.45) is 17.8 Å². The number of amides is 1. The normalized spacial score (nSPS) is 30.4. The van der Waals surface area contributed by atoms with Crippen molar-refractivity contribution in [3.63, 3.8) is 0 Å². The fourth-order valence-electron chi connectivity index (χ4n) is 5.72. The van der Waals surface area contributed by atoms with Gasteiger partial charge >= 0.3 is 5.97 Å². The van der Waals surface area contributed by atoms with E-state index in [-0.39, 0.29) is 24.6 Å². The van der Waals surface area contributed by atoms with Crippen molar-refractivity contribution < 1.29 is 14.3 Å². The molecule has 28 heavy (non-hydrogen) atoms. The number of carbonyl (C=O) groups excluding carboxylic acids is 2. The average Bonchev–Trinajstić information content (AvgIpc) is 3.29. The smallest absolute Gasteiger partial charge is 0.330 e. The van der Waals surface area contributed by atoms with Crippen LogP contribution in [0, 0.1) is 17.8 Å². The van der Waals surface area contributed by atoms with Gasteiger partial charge in [0.1, 0.15) is 0 Å². The number of hydrogen-bond acceptors (Lipinski definition) is 7. The van der Waals surface area contributed by atoms with Crippen molar-refractivity contribution in [2.45, 2.75) is 50.6 Å². The molecule has 1 amide bonds. The summed E-state index contributed by atoms with van der Waals surface area (Å²) >= 11 is 1.54. The van der Waals surface area contributed by atoms with E-state index in [1.165, 1.54) is 35.4 Å². The van der Waals surface area contributed by atoms with Crippen molar-refractivity contribution >= 4 is 23.2 Å². The number of rotatable bonds is 6. The van der Waals surface area contributed by atoms with Gasteiger partial charge in [-0.05, 0) is 72.9 Å². The van der Waals surface area contributed by atoms with Crippen LogP contribution < -0.4 is 5.32 Å². The third-order valence-corrected chi connectivity index (χ3v) is 6.99. The summed E-state index contributed by atoms with van der Waals surface area (Å²) in [5.41, 5.74) is 0.792.